The average Bonchev–Trinajstić information content (AvgIpc) is 2.35. The Balaban J connectivity index is 2.13. The lowest BCUT2D eigenvalue weighted by Crippen LogP contribution is -2.40. The topological polar surface area (TPSA) is 46.8 Å². The SMILES string of the molecule is [C-]#[N+]c1ccc2c(n1)CN(C(=O)OC(C)(C)C)CC2. The summed E-state index contributed by atoms with van der Waals surface area (Å²) in [5, 5.41) is 0. The van der Waals surface area contributed by atoms with Gasteiger partial charge in [-0.15, -0.1) is 4.98 Å². The Bertz CT molecular complexity index is 541. The summed E-state index contributed by atoms with van der Waals surface area (Å²) >= 11 is 0. The van der Waals surface area contributed by atoms with Crippen LogP contribution in [0.4, 0.5) is 10.6 Å². The maximum absolute atomic E-state index is 12.0. The van der Waals surface area contributed by atoms with Crippen LogP contribution in [0.15, 0.2) is 12.1 Å². The van der Waals surface area contributed by atoms with E-state index in [1.54, 1.807) is 11.0 Å². The number of nitrogens with zero attached hydrogens (tertiary/aromatic N) is 3. The summed E-state index contributed by atoms with van der Waals surface area (Å²) in [5.74, 6) is 0.366. The number of aromatic nitrogens is 1. The van der Waals surface area contributed by atoms with Gasteiger partial charge in [-0.05, 0) is 38.8 Å². The van der Waals surface area contributed by atoms with Crippen molar-refractivity contribution in [3.05, 3.63) is 34.8 Å². The number of amides is 1. The van der Waals surface area contributed by atoms with Crippen LogP contribution in [0.3, 0.4) is 0 Å². The van der Waals surface area contributed by atoms with Crippen LogP contribution in [0.25, 0.3) is 4.85 Å². The minimum absolute atomic E-state index is 0.326. The molecule has 0 aliphatic carbocycles. The zero-order chi connectivity index (χ0) is 14.0. The summed E-state index contributed by atoms with van der Waals surface area (Å²) in [6.07, 6.45) is 0.424. The van der Waals surface area contributed by atoms with Crippen LogP contribution >= 0.6 is 0 Å². The molecule has 1 aromatic heterocycles. The van der Waals surface area contributed by atoms with Crippen molar-refractivity contribution in [2.24, 2.45) is 0 Å². The minimum atomic E-state index is -0.497. The average molecular weight is 259 g/mol. The molecule has 0 atom stereocenters. The van der Waals surface area contributed by atoms with Crippen LogP contribution in [-0.2, 0) is 17.7 Å². The highest BCUT2D eigenvalue weighted by Crippen LogP contribution is 2.22. The molecule has 100 valence electrons. The van der Waals surface area contributed by atoms with E-state index in [2.05, 4.69) is 9.83 Å². The van der Waals surface area contributed by atoms with Gasteiger partial charge in [-0.2, -0.15) is 0 Å². The number of carbonyl (C=O) groups excluding carboxylic acids is 1. The zero-order valence-electron chi connectivity index (χ0n) is 11.4. The maximum atomic E-state index is 12.0. The van der Waals surface area contributed by atoms with Crippen molar-refractivity contribution in [2.75, 3.05) is 6.54 Å². The molecule has 5 heteroatoms. The van der Waals surface area contributed by atoms with Gasteiger partial charge >= 0.3 is 6.09 Å². The molecule has 19 heavy (non-hydrogen) atoms. The highest BCUT2D eigenvalue weighted by molar-refractivity contribution is 5.68. The van der Waals surface area contributed by atoms with Gasteiger partial charge in [0.05, 0.1) is 6.54 Å². The van der Waals surface area contributed by atoms with Crippen molar-refractivity contribution in [3.63, 3.8) is 0 Å². The smallest absolute Gasteiger partial charge is 0.410 e. The maximum Gasteiger partial charge on any atom is 0.410 e. The van der Waals surface area contributed by atoms with Gasteiger partial charge < -0.3 is 9.58 Å². The van der Waals surface area contributed by atoms with Gasteiger partial charge in [-0.25, -0.2) is 4.79 Å². The lowest BCUT2D eigenvalue weighted by molar-refractivity contribution is 0.0221. The Morgan fingerprint density at radius 3 is 2.84 bits per heavy atom. The second-order valence-electron chi connectivity index (χ2n) is 5.54. The van der Waals surface area contributed by atoms with Crippen molar-refractivity contribution in [1.82, 2.24) is 9.88 Å². The Labute approximate surface area is 113 Å². The highest BCUT2D eigenvalue weighted by atomic mass is 16.6. The first-order valence-electron chi connectivity index (χ1n) is 6.23. The molecule has 0 N–H and O–H groups in total. The Hall–Kier alpha value is -2.09. The number of carbonyl (C=O) groups is 1. The van der Waals surface area contributed by atoms with Gasteiger partial charge in [-0.1, -0.05) is 12.6 Å². The summed E-state index contributed by atoms with van der Waals surface area (Å²) in [5.41, 5.74) is 1.40. The van der Waals surface area contributed by atoms with Gasteiger partial charge in [-0.3, -0.25) is 4.90 Å². The normalized spacial score (nSPS) is 14.5. The molecule has 0 bridgehead atoms. The third-order valence-corrected chi connectivity index (χ3v) is 2.81. The first-order chi connectivity index (χ1) is 8.89. The summed E-state index contributed by atoms with van der Waals surface area (Å²) in [6.45, 7) is 13.5. The molecule has 0 radical (unpaired) electrons. The van der Waals surface area contributed by atoms with E-state index in [0.717, 1.165) is 17.7 Å². The van der Waals surface area contributed by atoms with E-state index in [1.807, 2.05) is 26.8 Å². The molecule has 1 amide bonds. The molecule has 0 spiro atoms. The van der Waals surface area contributed by atoms with E-state index in [4.69, 9.17) is 11.3 Å². The van der Waals surface area contributed by atoms with Gasteiger partial charge in [0, 0.05) is 6.54 Å². The number of hydrogen-bond acceptors (Lipinski definition) is 3. The molecule has 0 unspecified atom stereocenters. The van der Waals surface area contributed by atoms with E-state index >= 15 is 0 Å². The third kappa shape index (κ3) is 3.22. The molecule has 2 rings (SSSR count). The molecular weight excluding hydrogens is 242 g/mol. The van der Waals surface area contributed by atoms with Gasteiger partial charge in [0.1, 0.15) is 5.60 Å². The Kier molecular flexibility index (Phi) is 3.43. The Morgan fingerprint density at radius 1 is 1.47 bits per heavy atom. The van der Waals surface area contributed by atoms with Crippen molar-refractivity contribution < 1.29 is 9.53 Å². The molecule has 1 aromatic rings. The quantitative estimate of drug-likeness (QED) is 0.673. The molecule has 0 saturated carbocycles. The van der Waals surface area contributed by atoms with Crippen LogP contribution in [-0.4, -0.2) is 28.1 Å². The minimum Gasteiger partial charge on any atom is -0.444 e. The van der Waals surface area contributed by atoms with Crippen LogP contribution in [0.2, 0.25) is 0 Å². The molecule has 2 heterocycles. The first kappa shape index (κ1) is 13.3. The van der Waals surface area contributed by atoms with Crippen molar-refractivity contribution >= 4 is 11.9 Å². The molecule has 0 fully saturated rings. The van der Waals surface area contributed by atoms with E-state index in [0.29, 0.717) is 18.9 Å². The fraction of sp³-hybridized carbons (Fsp3) is 0.500. The van der Waals surface area contributed by atoms with Crippen molar-refractivity contribution in [1.29, 1.82) is 0 Å². The fourth-order valence-corrected chi connectivity index (χ4v) is 1.94. The number of ether oxygens (including phenoxy) is 1. The van der Waals surface area contributed by atoms with E-state index in [1.165, 1.54) is 0 Å². The number of hydrogen-bond donors (Lipinski definition) is 0. The standard InChI is InChI=1S/C14H17N3O2/c1-14(2,3)19-13(18)17-8-7-10-5-6-12(15-4)16-11(10)9-17/h5-6H,7-9H2,1-3H3. The van der Waals surface area contributed by atoms with Gasteiger partial charge in [0.25, 0.3) is 5.82 Å². The largest absolute Gasteiger partial charge is 0.444 e. The third-order valence-electron chi connectivity index (χ3n) is 2.81. The van der Waals surface area contributed by atoms with Crippen LogP contribution < -0.4 is 0 Å². The predicted molar refractivity (Wildman–Crippen MR) is 70.8 cm³/mol. The van der Waals surface area contributed by atoms with Crippen LogP contribution in [0.1, 0.15) is 32.0 Å². The van der Waals surface area contributed by atoms with E-state index < -0.39 is 5.60 Å². The van der Waals surface area contributed by atoms with E-state index in [9.17, 15) is 4.79 Å². The van der Waals surface area contributed by atoms with E-state index in [-0.39, 0.29) is 6.09 Å². The van der Waals surface area contributed by atoms with Crippen LogP contribution in [0.5, 0.6) is 0 Å². The lowest BCUT2D eigenvalue weighted by atomic mass is 10.1. The second kappa shape index (κ2) is 4.88. The monoisotopic (exact) mass is 259 g/mol. The van der Waals surface area contributed by atoms with Crippen molar-refractivity contribution in [2.45, 2.75) is 39.3 Å². The lowest BCUT2D eigenvalue weighted by Gasteiger charge is -2.29. The van der Waals surface area contributed by atoms with Gasteiger partial charge in [0.2, 0.25) is 0 Å². The molecular formula is C14H17N3O2. The molecule has 0 saturated heterocycles. The highest BCUT2D eigenvalue weighted by Gasteiger charge is 2.27. The first-order valence-corrected chi connectivity index (χ1v) is 6.23. The zero-order valence-corrected chi connectivity index (χ0v) is 11.4. The summed E-state index contributed by atoms with van der Waals surface area (Å²) < 4.78 is 5.35. The predicted octanol–water partition coefficient (Wildman–Crippen LogP) is 2.93. The Morgan fingerprint density at radius 2 is 2.21 bits per heavy atom. The molecule has 1 aliphatic rings. The second-order valence-corrected chi connectivity index (χ2v) is 5.54. The van der Waals surface area contributed by atoms with Crippen LogP contribution in [0, 0.1) is 6.57 Å². The number of fused-ring (bicyclic) bond motifs is 1. The molecule has 5 nitrogen and oxygen atoms in total. The number of pyridine rings is 1. The summed E-state index contributed by atoms with van der Waals surface area (Å²) in [7, 11) is 0. The molecule has 1 aliphatic heterocycles. The fourth-order valence-electron chi connectivity index (χ4n) is 1.94. The summed E-state index contributed by atoms with van der Waals surface area (Å²) in [6, 6.07) is 3.64. The number of rotatable bonds is 0. The molecule has 0 aromatic carbocycles. The van der Waals surface area contributed by atoms with Crippen molar-refractivity contribution in [3.8, 4) is 0 Å². The summed E-state index contributed by atoms with van der Waals surface area (Å²) in [4.78, 5) is 21.2. The van der Waals surface area contributed by atoms with Gasteiger partial charge in [0.15, 0.2) is 5.69 Å².